The molecule has 2 aromatic heterocycles. The van der Waals surface area contributed by atoms with Crippen LogP contribution in [-0.2, 0) is 20.0 Å². The lowest BCUT2D eigenvalue weighted by molar-refractivity contribution is 0.369. The van der Waals surface area contributed by atoms with E-state index in [4.69, 9.17) is 10.00 Å². The van der Waals surface area contributed by atoms with E-state index in [0.29, 0.717) is 18.1 Å². The summed E-state index contributed by atoms with van der Waals surface area (Å²) >= 11 is 0. The van der Waals surface area contributed by atoms with E-state index in [-0.39, 0.29) is 0 Å². The van der Waals surface area contributed by atoms with Crippen LogP contribution in [0.25, 0.3) is 0 Å². The fourth-order valence-corrected chi connectivity index (χ4v) is 1.99. The minimum atomic E-state index is 0.295. The Labute approximate surface area is 117 Å². The molecule has 0 atom stereocenters. The minimum absolute atomic E-state index is 0.295. The first-order valence-electron chi connectivity index (χ1n) is 6.26. The summed E-state index contributed by atoms with van der Waals surface area (Å²) in [6, 6.07) is 5.28. The first kappa shape index (κ1) is 13.8. The van der Waals surface area contributed by atoms with E-state index in [1.807, 2.05) is 20.0 Å². The Balaban J connectivity index is 2.15. The molecule has 7 nitrogen and oxygen atoms in total. The molecule has 0 aliphatic heterocycles. The van der Waals surface area contributed by atoms with Gasteiger partial charge in [0.1, 0.15) is 11.9 Å². The van der Waals surface area contributed by atoms with Crippen molar-refractivity contribution in [2.75, 3.05) is 12.4 Å². The number of aromatic nitrogens is 4. The third kappa shape index (κ3) is 2.69. The monoisotopic (exact) mass is 272 g/mol. The van der Waals surface area contributed by atoms with Crippen LogP contribution in [0, 0.1) is 11.3 Å². The van der Waals surface area contributed by atoms with Gasteiger partial charge in [-0.3, -0.25) is 0 Å². The van der Waals surface area contributed by atoms with Crippen LogP contribution in [0.15, 0.2) is 12.1 Å². The summed E-state index contributed by atoms with van der Waals surface area (Å²) in [5.74, 6) is 1.34. The van der Waals surface area contributed by atoms with E-state index in [2.05, 4.69) is 20.6 Å². The van der Waals surface area contributed by atoms with Crippen LogP contribution in [0.4, 0.5) is 5.82 Å². The van der Waals surface area contributed by atoms with Gasteiger partial charge in [-0.05, 0) is 18.6 Å². The van der Waals surface area contributed by atoms with E-state index in [1.54, 1.807) is 23.9 Å². The van der Waals surface area contributed by atoms with Crippen molar-refractivity contribution in [3.8, 4) is 11.9 Å². The molecule has 0 aromatic carbocycles. The molecule has 0 radical (unpaired) electrons. The molecule has 0 fully saturated rings. The zero-order chi connectivity index (χ0) is 14.5. The molecular weight excluding hydrogens is 256 g/mol. The molecule has 0 aliphatic rings. The highest BCUT2D eigenvalue weighted by Gasteiger charge is 2.15. The number of nitriles is 1. The van der Waals surface area contributed by atoms with Crippen LogP contribution in [0.1, 0.15) is 23.9 Å². The highest BCUT2D eigenvalue weighted by Crippen LogP contribution is 2.22. The summed E-state index contributed by atoms with van der Waals surface area (Å²) in [5.41, 5.74) is 2.28. The summed E-state index contributed by atoms with van der Waals surface area (Å²) in [6.07, 6.45) is 0.827. The van der Waals surface area contributed by atoms with Crippen molar-refractivity contribution in [2.24, 2.45) is 7.05 Å². The lowest BCUT2D eigenvalue weighted by Crippen LogP contribution is -2.05. The normalized spacial score (nSPS) is 10.1. The van der Waals surface area contributed by atoms with Crippen LogP contribution >= 0.6 is 0 Å². The Morgan fingerprint density at radius 2 is 2.20 bits per heavy atom. The second-order valence-electron chi connectivity index (χ2n) is 4.18. The van der Waals surface area contributed by atoms with Gasteiger partial charge in [-0.15, -0.1) is 10.2 Å². The zero-order valence-corrected chi connectivity index (χ0v) is 11.7. The Hall–Kier alpha value is -2.62. The van der Waals surface area contributed by atoms with Crippen molar-refractivity contribution < 1.29 is 4.74 Å². The molecule has 20 heavy (non-hydrogen) atoms. The van der Waals surface area contributed by atoms with Gasteiger partial charge in [0.2, 0.25) is 5.88 Å². The van der Waals surface area contributed by atoms with Crippen LogP contribution in [0.2, 0.25) is 0 Å². The van der Waals surface area contributed by atoms with Gasteiger partial charge in [0, 0.05) is 13.6 Å². The van der Waals surface area contributed by atoms with Crippen molar-refractivity contribution >= 4 is 5.82 Å². The summed E-state index contributed by atoms with van der Waals surface area (Å²) in [5, 5.41) is 24.0. The minimum Gasteiger partial charge on any atom is -0.481 e. The SMILES string of the molecule is CCc1nn(C)c(OC)c1CNc1ccc(C#N)nn1. The number of ether oxygens (including phenoxy) is 1. The summed E-state index contributed by atoms with van der Waals surface area (Å²) < 4.78 is 7.09. The highest BCUT2D eigenvalue weighted by molar-refractivity contribution is 5.40. The average Bonchev–Trinajstić information content (AvgIpc) is 2.80. The molecule has 0 aliphatic carbocycles. The van der Waals surface area contributed by atoms with Gasteiger partial charge in [0.25, 0.3) is 0 Å². The van der Waals surface area contributed by atoms with Crippen molar-refractivity contribution in [3.63, 3.8) is 0 Å². The average molecular weight is 272 g/mol. The Morgan fingerprint density at radius 1 is 1.40 bits per heavy atom. The van der Waals surface area contributed by atoms with Gasteiger partial charge in [-0.2, -0.15) is 10.4 Å². The number of anilines is 1. The third-order valence-corrected chi connectivity index (χ3v) is 2.92. The quantitative estimate of drug-likeness (QED) is 0.881. The largest absolute Gasteiger partial charge is 0.481 e. The van der Waals surface area contributed by atoms with Gasteiger partial charge in [0.05, 0.1) is 18.4 Å². The van der Waals surface area contributed by atoms with E-state index in [9.17, 15) is 0 Å². The Morgan fingerprint density at radius 3 is 2.75 bits per heavy atom. The lowest BCUT2D eigenvalue weighted by atomic mass is 10.2. The number of rotatable bonds is 5. The van der Waals surface area contributed by atoms with Crippen molar-refractivity contribution in [3.05, 3.63) is 29.1 Å². The summed E-state index contributed by atoms with van der Waals surface area (Å²) in [6.45, 7) is 2.59. The van der Waals surface area contributed by atoms with Crippen LogP contribution in [0.5, 0.6) is 5.88 Å². The predicted octanol–water partition coefficient (Wildman–Crippen LogP) is 1.26. The van der Waals surface area contributed by atoms with Crippen LogP contribution in [0.3, 0.4) is 0 Å². The van der Waals surface area contributed by atoms with E-state index in [0.717, 1.165) is 23.6 Å². The second kappa shape index (κ2) is 6.02. The number of aryl methyl sites for hydroxylation is 2. The highest BCUT2D eigenvalue weighted by atomic mass is 16.5. The molecule has 0 spiro atoms. The first-order chi connectivity index (χ1) is 9.69. The zero-order valence-electron chi connectivity index (χ0n) is 11.7. The smallest absolute Gasteiger partial charge is 0.216 e. The predicted molar refractivity (Wildman–Crippen MR) is 73.2 cm³/mol. The van der Waals surface area contributed by atoms with Crippen molar-refractivity contribution in [1.29, 1.82) is 5.26 Å². The molecule has 1 N–H and O–H groups in total. The fraction of sp³-hybridized carbons (Fsp3) is 0.385. The van der Waals surface area contributed by atoms with Gasteiger partial charge >= 0.3 is 0 Å². The van der Waals surface area contributed by atoms with Gasteiger partial charge < -0.3 is 10.1 Å². The number of nitrogens with zero attached hydrogens (tertiary/aromatic N) is 5. The molecule has 0 saturated heterocycles. The maximum Gasteiger partial charge on any atom is 0.216 e. The van der Waals surface area contributed by atoms with Gasteiger partial charge in [-0.25, -0.2) is 4.68 Å². The van der Waals surface area contributed by atoms with Crippen LogP contribution < -0.4 is 10.1 Å². The maximum absolute atomic E-state index is 8.68. The van der Waals surface area contributed by atoms with Crippen molar-refractivity contribution in [2.45, 2.75) is 19.9 Å². The molecular formula is C13H16N6O. The number of hydrogen-bond acceptors (Lipinski definition) is 6. The number of hydrogen-bond donors (Lipinski definition) is 1. The van der Waals surface area contributed by atoms with Crippen molar-refractivity contribution in [1.82, 2.24) is 20.0 Å². The van der Waals surface area contributed by atoms with E-state index in [1.165, 1.54) is 0 Å². The maximum atomic E-state index is 8.68. The lowest BCUT2D eigenvalue weighted by Gasteiger charge is -2.07. The van der Waals surface area contributed by atoms with Crippen LogP contribution in [-0.4, -0.2) is 27.1 Å². The molecule has 0 unspecified atom stereocenters. The molecule has 2 aromatic rings. The molecule has 7 heteroatoms. The summed E-state index contributed by atoms with van der Waals surface area (Å²) in [7, 11) is 3.48. The summed E-state index contributed by atoms with van der Waals surface area (Å²) in [4.78, 5) is 0. The molecule has 0 bridgehead atoms. The molecule has 2 rings (SSSR count). The molecule has 104 valence electrons. The number of methoxy groups -OCH3 is 1. The van der Waals surface area contributed by atoms with E-state index < -0.39 is 0 Å². The molecule has 2 heterocycles. The second-order valence-corrected chi connectivity index (χ2v) is 4.18. The Kier molecular flexibility index (Phi) is 4.15. The van der Waals surface area contributed by atoms with E-state index >= 15 is 0 Å². The van der Waals surface area contributed by atoms with Gasteiger partial charge in [0.15, 0.2) is 5.69 Å². The first-order valence-corrected chi connectivity index (χ1v) is 6.26. The Bertz CT molecular complexity index is 626. The standard InChI is InChI=1S/C13H16N6O/c1-4-11-10(13(20-3)19(2)18-11)8-15-12-6-5-9(7-14)16-17-12/h5-6H,4,8H2,1-3H3,(H,15,17). The third-order valence-electron chi connectivity index (χ3n) is 2.92. The fourth-order valence-electron chi connectivity index (χ4n) is 1.99. The molecule has 0 amide bonds. The topological polar surface area (TPSA) is 88.6 Å². The molecule has 0 saturated carbocycles. The van der Waals surface area contributed by atoms with Gasteiger partial charge in [-0.1, -0.05) is 6.92 Å². The number of nitrogens with one attached hydrogen (secondary N) is 1.